The van der Waals surface area contributed by atoms with E-state index in [0.717, 1.165) is 10.5 Å². The van der Waals surface area contributed by atoms with Gasteiger partial charge in [0.25, 0.3) is 5.91 Å². The van der Waals surface area contributed by atoms with E-state index in [2.05, 4.69) is 0 Å². The van der Waals surface area contributed by atoms with Gasteiger partial charge in [0.15, 0.2) is 0 Å². The first-order valence-corrected chi connectivity index (χ1v) is 10.8. The van der Waals surface area contributed by atoms with Crippen LogP contribution in [-0.4, -0.2) is 41.8 Å². The van der Waals surface area contributed by atoms with Crippen molar-refractivity contribution in [2.75, 3.05) is 18.2 Å². The van der Waals surface area contributed by atoms with Crippen LogP contribution >= 0.6 is 11.6 Å². The van der Waals surface area contributed by atoms with Crippen molar-refractivity contribution >= 4 is 35.0 Å². The minimum Gasteiger partial charge on any atom is -0.447 e. The first-order chi connectivity index (χ1) is 16.0. The minimum atomic E-state index is -0.877. The number of imide groups is 1. The Morgan fingerprint density at radius 1 is 1.03 bits per heavy atom. The topological polar surface area (TPSA) is 62.2 Å². The number of hydrazone groups is 1. The molecule has 5 rings (SSSR count). The van der Waals surface area contributed by atoms with Crippen LogP contribution in [0.25, 0.3) is 0 Å². The first-order valence-electron chi connectivity index (χ1n) is 10.5. The molecule has 0 saturated carbocycles. The van der Waals surface area contributed by atoms with Crippen LogP contribution in [0.4, 0.5) is 14.9 Å². The average molecular weight is 464 g/mol. The van der Waals surface area contributed by atoms with E-state index in [1.807, 2.05) is 42.5 Å². The normalized spacial score (nSPS) is 20.1. The van der Waals surface area contributed by atoms with Crippen LogP contribution in [0.2, 0.25) is 5.02 Å². The highest BCUT2D eigenvalue weighted by Gasteiger charge is 2.48. The molecule has 0 N–H and O–H groups in total. The summed E-state index contributed by atoms with van der Waals surface area (Å²) in [5.41, 5.74) is 2.71. The third-order valence-corrected chi connectivity index (χ3v) is 5.97. The number of cyclic esters (lactones) is 1. The van der Waals surface area contributed by atoms with Crippen molar-refractivity contribution < 1.29 is 18.7 Å². The fourth-order valence-electron chi connectivity index (χ4n) is 4.23. The molecule has 1 fully saturated rings. The van der Waals surface area contributed by atoms with E-state index in [0.29, 0.717) is 22.0 Å². The van der Waals surface area contributed by atoms with Gasteiger partial charge in [-0.1, -0.05) is 54.1 Å². The molecule has 0 aromatic heterocycles. The maximum Gasteiger partial charge on any atom is 0.416 e. The van der Waals surface area contributed by atoms with E-state index in [4.69, 9.17) is 21.4 Å². The molecule has 2 atom stereocenters. The number of amides is 2. The Kier molecular flexibility index (Phi) is 5.56. The zero-order valence-corrected chi connectivity index (χ0v) is 18.2. The molecule has 2 amide bonds. The number of nitrogens with zero attached hydrogens (tertiary/aromatic N) is 3. The Morgan fingerprint density at radius 2 is 1.79 bits per heavy atom. The minimum absolute atomic E-state index is 0.145. The third kappa shape index (κ3) is 3.96. The molecule has 0 radical (unpaired) electrons. The molecule has 2 aliphatic rings. The van der Waals surface area contributed by atoms with Gasteiger partial charge in [0.2, 0.25) is 0 Å². The number of halogens is 2. The van der Waals surface area contributed by atoms with Gasteiger partial charge >= 0.3 is 6.09 Å². The molecule has 3 aromatic rings. The van der Waals surface area contributed by atoms with E-state index in [1.54, 1.807) is 29.3 Å². The number of benzene rings is 3. The standard InChI is InChI=1S/C25H19ClFN3O3/c26-18-6-4-5-17(15-18)22-21(16-9-11-19(27)12-10-16)23(24(31)29-13-14-33-25(29)32)30(28-22)20-7-2-1-3-8-20/h1-12,15,21,23H,13-14H2/t21-,23-/m1/s1. The van der Waals surface area contributed by atoms with Gasteiger partial charge in [-0.2, -0.15) is 5.10 Å². The molecular formula is C25H19ClFN3O3. The molecule has 6 nitrogen and oxygen atoms in total. The predicted molar refractivity (Wildman–Crippen MR) is 123 cm³/mol. The lowest BCUT2D eigenvalue weighted by atomic mass is 9.84. The lowest BCUT2D eigenvalue weighted by Crippen LogP contribution is -2.48. The van der Waals surface area contributed by atoms with Gasteiger partial charge in [-0.25, -0.2) is 14.1 Å². The number of carbonyl (C=O) groups excluding carboxylic acids is 2. The summed E-state index contributed by atoms with van der Waals surface area (Å²) in [6.45, 7) is 0.311. The first kappa shape index (κ1) is 21.2. The molecule has 0 unspecified atom stereocenters. The maximum absolute atomic E-state index is 13.7. The number of anilines is 1. The molecule has 2 heterocycles. The Labute approximate surface area is 194 Å². The molecule has 166 valence electrons. The highest BCUT2D eigenvalue weighted by molar-refractivity contribution is 6.31. The Bertz CT molecular complexity index is 1230. The maximum atomic E-state index is 13.7. The number of hydrogen-bond donors (Lipinski definition) is 0. The Balaban J connectivity index is 1.69. The summed E-state index contributed by atoms with van der Waals surface area (Å²) >= 11 is 6.26. The highest BCUT2D eigenvalue weighted by atomic mass is 35.5. The largest absolute Gasteiger partial charge is 0.447 e. The zero-order valence-electron chi connectivity index (χ0n) is 17.4. The van der Waals surface area contributed by atoms with E-state index >= 15 is 0 Å². The summed E-state index contributed by atoms with van der Waals surface area (Å²) in [4.78, 5) is 27.1. The van der Waals surface area contributed by atoms with Gasteiger partial charge in [-0.3, -0.25) is 9.80 Å². The molecule has 0 bridgehead atoms. The van der Waals surface area contributed by atoms with Crippen molar-refractivity contribution in [1.82, 2.24) is 4.90 Å². The van der Waals surface area contributed by atoms with Crippen LogP contribution in [0.1, 0.15) is 17.0 Å². The fourth-order valence-corrected chi connectivity index (χ4v) is 4.42. The highest BCUT2D eigenvalue weighted by Crippen LogP contribution is 2.39. The van der Waals surface area contributed by atoms with Gasteiger partial charge in [-0.05, 0) is 47.5 Å². The summed E-state index contributed by atoms with van der Waals surface area (Å²) in [5, 5.41) is 7.00. The van der Waals surface area contributed by atoms with Crippen molar-refractivity contribution in [2.24, 2.45) is 5.10 Å². The summed E-state index contributed by atoms with van der Waals surface area (Å²) < 4.78 is 18.8. The summed E-state index contributed by atoms with van der Waals surface area (Å²) in [5.74, 6) is -1.40. The SMILES string of the molecule is O=C1OCCN1C(=O)[C@H]1[C@H](c2ccc(F)cc2)C(c2cccc(Cl)c2)=NN1c1ccccc1. The smallest absolute Gasteiger partial charge is 0.416 e. The van der Waals surface area contributed by atoms with Crippen LogP contribution in [0.5, 0.6) is 0 Å². The number of para-hydroxylation sites is 1. The number of carbonyl (C=O) groups is 2. The number of ether oxygens (including phenoxy) is 1. The van der Waals surface area contributed by atoms with E-state index in [-0.39, 0.29) is 19.0 Å². The van der Waals surface area contributed by atoms with Gasteiger partial charge in [0, 0.05) is 5.02 Å². The molecule has 2 aliphatic heterocycles. The molecule has 3 aromatic carbocycles. The second-order valence-electron chi connectivity index (χ2n) is 7.75. The summed E-state index contributed by atoms with van der Waals surface area (Å²) in [6.07, 6.45) is -0.679. The lowest BCUT2D eigenvalue weighted by Gasteiger charge is -2.29. The summed E-state index contributed by atoms with van der Waals surface area (Å²) in [7, 11) is 0. The summed E-state index contributed by atoms with van der Waals surface area (Å²) in [6, 6.07) is 21.5. The zero-order chi connectivity index (χ0) is 22.9. The fraction of sp³-hybridized carbons (Fsp3) is 0.160. The third-order valence-electron chi connectivity index (χ3n) is 5.74. The Hall–Kier alpha value is -3.71. The van der Waals surface area contributed by atoms with Crippen molar-refractivity contribution in [1.29, 1.82) is 0 Å². The van der Waals surface area contributed by atoms with Crippen LogP contribution < -0.4 is 5.01 Å². The molecule has 33 heavy (non-hydrogen) atoms. The van der Waals surface area contributed by atoms with Crippen molar-refractivity contribution in [3.05, 3.63) is 101 Å². The van der Waals surface area contributed by atoms with Crippen molar-refractivity contribution in [3.63, 3.8) is 0 Å². The van der Waals surface area contributed by atoms with Gasteiger partial charge in [0.05, 0.1) is 23.9 Å². The van der Waals surface area contributed by atoms with Crippen LogP contribution in [0.15, 0.2) is 84.0 Å². The van der Waals surface area contributed by atoms with E-state index in [1.165, 1.54) is 12.1 Å². The molecule has 1 saturated heterocycles. The second-order valence-corrected chi connectivity index (χ2v) is 8.19. The van der Waals surface area contributed by atoms with E-state index in [9.17, 15) is 14.0 Å². The number of hydrogen-bond acceptors (Lipinski definition) is 5. The second kappa shape index (κ2) is 8.67. The van der Waals surface area contributed by atoms with Crippen LogP contribution in [0, 0.1) is 5.82 Å². The lowest BCUT2D eigenvalue weighted by molar-refractivity contribution is -0.129. The van der Waals surface area contributed by atoms with Crippen LogP contribution in [-0.2, 0) is 9.53 Å². The van der Waals surface area contributed by atoms with Crippen molar-refractivity contribution in [3.8, 4) is 0 Å². The Morgan fingerprint density at radius 3 is 2.45 bits per heavy atom. The molecule has 8 heteroatoms. The molecule has 0 spiro atoms. The molecule has 0 aliphatic carbocycles. The van der Waals surface area contributed by atoms with E-state index < -0.39 is 24.0 Å². The van der Waals surface area contributed by atoms with Gasteiger partial charge < -0.3 is 4.74 Å². The van der Waals surface area contributed by atoms with Crippen molar-refractivity contribution in [2.45, 2.75) is 12.0 Å². The monoisotopic (exact) mass is 463 g/mol. The molecular weight excluding hydrogens is 445 g/mol. The quantitative estimate of drug-likeness (QED) is 0.555. The van der Waals surface area contributed by atoms with Crippen LogP contribution in [0.3, 0.4) is 0 Å². The van der Waals surface area contributed by atoms with Gasteiger partial charge in [0.1, 0.15) is 18.5 Å². The average Bonchev–Trinajstić information content (AvgIpc) is 3.44. The number of rotatable bonds is 4. The predicted octanol–water partition coefficient (Wildman–Crippen LogP) is 4.83. The van der Waals surface area contributed by atoms with Gasteiger partial charge in [-0.15, -0.1) is 0 Å².